The lowest BCUT2D eigenvalue weighted by molar-refractivity contribution is -0.142. The Morgan fingerprint density at radius 3 is 2.52 bits per heavy atom. The van der Waals surface area contributed by atoms with E-state index < -0.39 is 18.5 Å². The summed E-state index contributed by atoms with van der Waals surface area (Å²) < 4.78 is 4.93. The molecule has 0 bridgehead atoms. The van der Waals surface area contributed by atoms with Crippen LogP contribution in [0.25, 0.3) is 6.08 Å². The molecule has 1 amide bonds. The minimum absolute atomic E-state index is 0.161. The van der Waals surface area contributed by atoms with E-state index in [1.54, 1.807) is 36.4 Å². The maximum absolute atomic E-state index is 12.0. The number of carbonyl (C=O) groups excluding carboxylic acids is 2. The lowest BCUT2D eigenvalue weighted by Gasteiger charge is -2.10. The third kappa shape index (κ3) is 5.05. The van der Waals surface area contributed by atoms with Crippen molar-refractivity contribution in [3.05, 3.63) is 70.8 Å². The molecule has 5 nitrogen and oxygen atoms in total. The van der Waals surface area contributed by atoms with Gasteiger partial charge < -0.3 is 10.1 Å². The molecule has 0 saturated carbocycles. The maximum Gasteiger partial charge on any atom is 0.349 e. The van der Waals surface area contributed by atoms with Crippen molar-refractivity contribution in [1.29, 1.82) is 5.26 Å². The Kier molecular flexibility index (Phi) is 6.08. The van der Waals surface area contributed by atoms with Gasteiger partial charge in [0.25, 0.3) is 5.91 Å². The summed E-state index contributed by atoms with van der Waals surface area (Å²) in [6, 6.07) is 16.3. The van der Waals surface area contributed by atoms with E-state index in [0.29, 0.717) is 11.3 Å². The molecule has 0 unspecified atom stereocenters. The first-order valence-electron chi connectivity index (χ1n) is 7.71. The molecule has 0 heterocycles. The quantitative estimate of drug-likeness (QED) is 0.516. The van der Waals surface area contributed by atoms with Gasteiger partial charge in [-0.2, -0.15) is 5.26 Å². The second-order valence-electron chi connectivity index (χ2n) is 5.45. The van der Waals surface area contributed by atoms with Crippen LogP contribution in [0, 0.1) is 25.2 Å². The van der Waals surface area contributed by atoms with Gasteiger partial charge in [0.05, 0.1) is 0 Å². The van der Waals surface area contributed by atoms with Crippen molar-refractivity contribution in [3.8, 4) is 6.07 Å². The third-order valence-electron chi connectivity index (χ3n) is 3.66. The zero-order valence-electron chi connectivity index (χ0n) is 14.1. The Balaban J connectivity index is 1.96. The molecular weight excluding hydrogens is 316 g/mol. The fourth-order valence-electron chi connectivity index (χ4n) is 2.13. The highest BCUT2D eigenvalue weighted by Gasteiger charge is 2.14. The number of rotatable bonds is 5. The topological polar surface area (TPSA) is 79.2 Å². The van der Waals surface area contributed by atoms with E-state index in [4.69, 9.17) is 10.00 Å². The number of carbonyl (C=O) groups is 2. The average Bonchev–Trinajstić information content (AvgIpc) is 2.62. The molecule has 0 aromatic heterocycles. The first kappa shape index (κ1) is 18.0. The molecule has 0 aliphatic carbocycles. The van der Waals surface area contributed by atoms with Gasteiger partial charge >= 0.3 is 5.97 Å². The summed E-state index contributed by atoms with van der Waals surface area (Å²) in [7, 11) is 0. The predicted molar refractivity (Wildman–Crippen MR) is 95.5 cm³/mol. The summed E-state index contributed by atoms with van der Waals surface area (Å²) in [6.07, 6.45) is 1.42. The second-order valence-corrected chi connectivity index (χ2v) is 5.45. The SMILES string of the molecule is Cc1cccc(NC(=O)COC(=O)/C(C#N)=C/c2ccccc2)c1C. The van der Waals surface area contributed by atoms with Crippen LogP contribution in [-0.2, 0) is 14.3 Å². The normalized spacial score (nSPS) is 10.7. The van der Waals surface area contributed by atoms with Crippen molar-refractivity contribution in [2.75, 3.05) is 11.9 Å². The lowest BCUT2D eigenvalue weighted by Crippen LogP contribution is -2.21. The van der Waals surface area contributed by atoms with Gasteiger partial charge in [0.2, 0.25) is 0 Å². The van der Waals surface area contributed by atoms with E-state index in [-0.39, 0.29) is 5.57 Å². The maximum atomic E-state index is 12.0. The Hall–Kier alpha value is -3.39. The molecule has 126 valence electrons. The highest BCUT2D eigenvalue weighted by atomic mass is 16.5. The van der Waals surface area contributed by atoms with Crippen LogP contribution in [0.5, 0.6) is 0 Å². The molecule has 2 aromatic rings. The summed E-state index contributed by atoms with van der Waals surface area (Å²) >= 11 is 0. The Bertz CT molecular complexity index is 849. The van der Waals surface area contributed by atoms with Crippen molar-refractivity contribution < 1.29 is 14.3 Å². The lowest BCUT2D eigenvalue weighted by atomic mass is 10.1. The number of esters is 1. The molecule has 0 saturated heterocycles. The molecule has 0 aliphatic heterocycles. The first-order chi connectivity index (χ1) is 12.0. The first-order valence-corrected chi connectivity index (χ1v) is 7.71. The van der Waals surface area contributed by atoms with Crippen LogP contribution in [0.3, 0.4) is 0 Å². The predicted octanol–water partition coefficient (Wildman–Crippen LogP) is 3.39. The molecule has 1 N–H and O–H groups in total. The van der Waals surface area contributed by atoms with Crippen LogP contribution in [-0.4, -0.2) is 18.5 Å². The molecule has 0 fully saturated rings. The number of aryl methyl sites for hydroxylation is 1. The highest BCUT2D eigenvalue weighted by Crippen LogP contribution is 2.17. The molecule has 5 heteroatoms. The van der Waals surface area contributed by atoms with E-state index in [1.165, 1.54) is 6.08 Å². The standard InChI is InChI=1S/C20H18N2O3/c1-14-7-6-10-18(15(14)2)22-19(23)13-25-20(24)17(12-21)11-16-8-4-3-5-9-16/h3-11H,13H2,1-2H3,(H,22,23)/b17-11+. The van der Waals surface area contributed by atoms with Crippen molar-refractivity contribution >= 4 is 23.6 Å². The fraction of sp³-hybridized carbons (Fsp3) is 0.150. The molecule has 2 aromatic carbocycles. The van der Waals surface area contributed by atoms with E-state index >= 15 is 0 Å². The number of hydrogen-bond acceptors (Lipinski definition) is 4. The van der Waals surface area contributed by atoms with Crippen LogP contribution in [0.1, 0.15) is 16.7 Å². The zero-order valence-corrected chi connectivity index (χ0v) is 14.1. The van der Waals surface area contributed by atoms with Gasteiger partial charge in [-0.25, -0.2) is 4.79 Å². The van der Waals surface area contributed by atoms with Gasteiger partial charge in [0, 0.05) is 5.69 Å². The smallest absolute Gasteiger partial charge is 0.349 e. The summed E-state index contributed by atoms with van der Waals surface area (Å²) in [5.41, 5.74) is 3.21. The van der Waals surface area contributed by atoms with Crippen LogP contribution in [0.2, 0.25) is 0 Å². The highest BCUT2D eigenvalue weighted by molar-refractivity contribution is 6.00. The van der Waals surface area contributed by atoms with Gasteiger partial charge in [-0.1, -0.05) is 42.5 Å². The third-order valence-corrected chi connectivity index (χ3v) is 3.66. The van der Waals surface area contributed by atoms with Gasteiger partial charge in [0.1, 0.15) is 11.6 Å². The summed E-state index contributed by atoms with van der Waals surface area (Å²) in [5.74, 6) is -1.29. The van der Waals surface area contributed by atoms with E-state index in [0.717, 1.165) is 11.1 Å². The average molecular weight is 334 g/mol. The van der Waals surface area contributed by atoms with Crippen LogP contribution < -0.4 is 5.32 Å². The Morgan fingerprint density at radius 2 is 1.84 bits per heavy atom. The molecule has 25 heavy (non-hydrogen) atoms. The number of amides is 1. The molecule has 0 aliphatic rings. The number of hydrogen-bond donors (Lipinski definition) is 1. The Morgan fingerprint density at radius 1 is 1.12 bits per heavy atom. The number of nitriles is 1. The van der Waals surface area contributed by atoms with Crippen molar-refractivity contribution in [2.24, 2.45) is 0 Å². The van der Waals surface area contributed by atoms with Crippen LogP contribution in [0.4, 0.5) is 5.69 Å². The Labute approximate surface area is 146 Å². The summed E-state index contributed by atoms with van der Waals surface area (Å²) in [5, 5.41) is 11.8. The number of benzene rings is 2. The monoisotopic (exact) mass is 334 g/mol. The molecule has 2 rings (SSSR count). The van der Waals surface area contributed by atoms with Crippen LogP contribution >= 0.6 is 0 Å². The molecular formula is C20H18N2O3. The largest absolute Gasteiger partial charge is 0.451 e. The molecule has 0 atom stereocenters. The van der Waals surface area contributed by atoms with Crippen LogP contribution in [0.15, 0.2) is 54.1 Å². The van der Waals surface area contributed by atoms with Gasteiger partial charge in [-0.3, -0.25) is 4.79 Å². The number of anilines is 1. The fourth-order valence-corrected chi connectivity index (χ4v) is 2.13. The van der Waals surface area contributed by atoms with Gasteiger partial charge in [-0.05, 0) is 42.7 Å². The van der Waals surface area contributed by atoms with E-state index in [1.807, 2.05) is 32.0 Å². The van der Waals surface area contributed by atoms with E-state index in [2.05, 4.69) is 5.32 Å². The summed E-state index contributed by atoms with van der Waals surface area (Å²) in [6.45, 7) is 3.38. The van der Waals surface area contributed by atoms with Crippen molar-refractivity contribution in [2.45, 2.75) is 13.8 Å². The molecule has 0 radical (unpaired) electrons. The minimum atomic E-state index is -0.831. The number of nitrogens with one attached hydrogen (secondary N) is 1. The van der Waals surface area contributed by atoms with Gasteiger partial charge in [0.15, 0.2) is 6.61 Å². The van der Waals surface area contributed by atoms with E-state index in [9.17, 15) is 9.59 Å². The number of nitrogens with zero attached hydrogens (tertiary/aromatic N) is 1. The zero-order chi connectivity index (χ0) is 18.2. The minimum Gasteiger partial charge on any atom is -0.451 e. The van der Waals surface area contributed by atoms with Gasteiger partial charge in [-0.15, -0.1) is 0 Å². The van der Waals surface area contributed by atoms with Crippen molar-refractivity contribution in [1.82, 2.24) is 0 Å². The second kappa shape index (κ2) is 8.46. The molecule has 0 spiro atoms. The number of ether oxygens (including phenoxy) is 1. The summed E-state index contributed by atoms with van der Waals surface area (Å²) in [4.78, 5) is 23.9. The van der Waals surface area contributed by atoms with Crippen molar-refractivity contribution in [3.63, 3.8) is 0 Å².